The molecule has 0 saturated carbocycles. The Morgan fingerprint density at radius 1 is 1.23 bits per heavy atom. The highest BCUT2D eigenvalue weighted by molar-refractivity contribution is 7.22. The molecule has 4 rings (SSSR count). The van der Waals surface area contributed by atoms with Crippen LogP contribution in [0.3, 0.4) is 0 Å². The van der Waals surface area contributed by atoms with Crippen molar-refractivity contribution in [2.24, 2.45) is 0 Å². The average Bonchev–Trinajstić information content (AvgIpc) is 3.55. The van der Waals surface area contributed by atoms with Gasteiger partial charge in [0.2, 0.25) is 0 Å². The molecule has 0 fully saturated rings. The van der Waals surface area contributed by atoms with Crippen molar-refractivity contribution in [3.8, 4) is 11.5 Å². The van der Waals surface area contributed by atoms with Crippen LogP contribution in [0.1, 0.15) is 11.3 Å². The third kappa shape index (κ3) is 4.78. The summed E-state index contributed by atoms with van der Waals surface area (Å²) in [7, 11) is 3.23. The molecule has 0 aliphatic rings. The summed E-state index contributed by atoms with van der Waals surface area (Å²) in [5, 5.41) is 2.60. The Labute approximate surface area is 188 Å². The number of ether oxygens (including phenoxy) is 2. The average molecular weight is 455 g/mol. The monoisotopic (exact) mass is 454 g/mol. The SMILES string of the molecule is COc1ccc(OC)c2sc(N(CCCn3ccnc3)C(=O)/C=C/c3cccs3)nc12. The third-order valence-corrected chi connectivity index (χ3v) is 6.62. The van der Waals surface area contributed by atoms with Gasteiger partial charge in [0, 0.05) is 36.4 Å². The van der Waals surface area contributed by atoms with E-state index in [1.54, 1.807) is 49.1 Å². The molecule has 160 valence electrons. The van der Waals surface area contributed by atoms with Crippen LogP contribution in [-0.2, 0) is 11.3 Å². The molecule has 0 spiro atoms. The Bertz CT molecular complexity index is 1130. The predicted molar refractivity (Wildman–Crippen MR) is 125 cm³/mol. The van der Waals surface area contributed by atoms with E-state index in [4.69, 9.17) is 14.5 Å². The number of imidazole rings is 1. The summed E-state index contributed by atoms with van der Waals surface area (Å²) in [6.45, 7) is 1.28. The number of aryl methyl sites for hydroxylation is 1. The Morgan fingerprint density at radius 3 is 2.77 bits per heavy atom. The molecule has 0 bridgehead atoms. The van der Waals surface area contributed by atoms with Crippen LogP contribution in [0.25, 0.3) is 16.3 Å². The summed E-state index contributed by atoms with van der Waals surface area (Å²) in [6, 6.07) is 7.62. The van der Waals surface area contributed by atoms with Gasteiger partial charge in [0.05, 0.1) is 20.5 Å². The molecule has 0 N–H and O–H groups in total. The number of nitrogens with zero attached hydrogens (tertiary/aromatic N) is 4. The van der Waals surface area contributed by atoms with E-state index in [9.17, 15) is 4.79 Å². The fourth-order valence-electron chi connectivity index (χ4n) is 3.15. The van der Waals surface area contributed by atoms with Gasteiger partial charge >= 0.3 is 0 Å². The number of carbonyl (C=O) groups is 1. The van der Waals surface area contributed by atoms with E-state index >= 15 is 0 Å². The van der Waals surface area contributed by atoms with Crippen LogP contribution in [0.15, 0.2) is 54.4 Å². The van der Waals surface area contributed by atoms with Gasteiger partial charge in [-0.1, -0.05) is 17.4 Å². The van der Waals surface area contributed by atoms with E-state index in [0.29, 0.717) is 28.7 Å². The van der Waals surface area contributed by atoms with Crippen LogP contribution >= 0.6 is 22.7 Å². The van der Waals surface area contributed by atoms with Crippen LogP contribution < -0.4 is 14.4 Å². The second-order valence-corrected chi connectivity index (χ2v) is 8.59. The van der Waals surface area contributed by atoms with Crippen LogP contribution in [-0.4, -0.2) is 41.2 Å². The molecule has 1 aromatic carbocycles. The number of hydrogen-bond acceptors (Lipinski definition) is 7. The lowest BCUT2D eigenvalue weighted by Crippen LogP contribution is -2.30. The summed E-state index contributed by atoms with van der Waals surface area (Å²) >= 11 is 3.01. The minimum absolute atomic E-state index is 0.115. The first kappa shape index (κ1) is 21.1. The van der Waals surface area contributed by atoms with Crippen molar-refractivity contribution >= 4 is 50.0 Å². The molecular weight excluding hydrogens is 432 g/mol. The number of carbonyl (C=O) groups excluding carboxylic acids is 1. The second-order valence-electron chi connectivity index (χ2n) is 6.64. The fourth-order valence-corrected chi connectivity index (χ4v) is 4.87. The van der Waals surface area contributed by atoms with Gasteiger partial charge in [0.25, 0.3) is 5.91 Å². The molecular formula is C22H22N4O3S2. The molecule has 4 aromatic rings. The summed E-state index contributed by atoms with van der Waals surface area (Å²) < 4.78 is 13.8. The maximum Gasteiger partial charge on any atom is 0.252 e. The van der Waals surface area contributed by atoms with E-state index in [0.717, 1.165) is 22.5 Å². The van der Waals surface area contributed by atoms with Crippen LogP contribution in [0.4, 0.5) is 5.13 Å². The molecule has 7 nitrogen and oxygen atoms in total. The van der Waals surface area contributed by atoms with Gasteiger partial charge in [-0.05, 0) is 36.1 Å². The molecule has 1 amide bonds. The zero-order valence-corrected chi connectivity index (χ0v) is 18.9. The number of amides is 1. The first-order chi connectivity index (χ1) is 15.2. The van der Waals surface area contributed by atoms with Crippen molar-refractivity contribution in [3.63, 3.8) is 0 Å². The van der Waals surface area contributed by atoms with E-state index in [1.807, 2.05) is 46.5 Å². The number of methoxy groups -OCH3 is 2. The van der Waals surface area contributed by atoms with E-state index in [1.165, 1.54) is 11.3 Å². The van der Waals surface area contributed by atoms with Gasteiger partial charge in [-0.3, -0.25) is 9.69 Å². The molecule has 31 heavy (non-hydrogen) atoms. The van der Waals surface area contributed by atoms with Crippen LogP contribution in [0.5, 0.6) is 11.5 Å². The van der Waals surface area contributed by atoms with E-state index in [2.05, 4.69) is 4.98 Å². The number of thiazole rings is 1. The topological polar surface area (TPSA) is 69.5 Å². The van der Waals surface area contributed by atoms with Crippen molar-refractivity contribution in [2.75, 3.05) is 25.7 Å². The highest BCUT2D eigenvalue weighted by Gasteiger charge is 2.21. The normalized spacial score (nSPS) is 11.3. The molecule has 0 aliphatic heterocycles. The van der Waals surface area contributed by atoms with Crippen LogP contribution in [0, 0.1) is 0 Å². The Kier molecular flexibility index (Phi) is 6.63. The largest absolute Gasteiger partial charge is 0.495 e. The lowest BCUT2D eigenvalue weighted by molar-refractivity contribution is -0.114. The van der Waals surface area contributed by atoms with Gasteiger partial charge in [-0.25, -0.2) is 9.97 Å². The third-order valence-electron chi connectivity index (χ3n) is 4.69. The van der Waals surface area contributed by atoms with Crippen molar-refractivity contribution in [1.29, 1.82) is 0 Å². The van der Waals surface area contributed by atoms with Gasteiger partial charge in [-0.15, -0.1) is 11.3 Å². The molecule has 0 unspecified atom stereocenters. The molecule has 0 aliphatic carbocycles. The first-order valence-electron chi connectivity index (χ1n) is 9.70. The summed E-state index contributed by atoms with van der Waals surface area (Å²) in [5.41, 5.74) is 0.691. The maximum absolute atomic E-state index is 13.1. The van der Waals surface area contributed by atoms with Crippen molar-refractivity contribution in [2.45, 2.75) is 13.0 Å². The van der Waals surface area contributed by atoms with Gasteiger partial charge in [0.15, 0.2) is 5.13 Å². The molecule has 0 radical (unpaired) electrons. The fraction of sp³-hybridized carbons (Fsp3) is 0.227. The van der Waals surface area contributed by atoms with Gasteiger partial charge in [0.1, 0.15) is 21.7 Å². The number of hydrogen-bond donors (Lipinski definition) is 0. The minimum atomic E-state index is -0.115. The highest BCUT2D eigenvalue weighted by Crippen LogP contribution is 2.40. The number of anilines is 1. The van der Waals surface area contributed by atoms with Gasteiger partial charge < -0.3 is 14.0 Å². The molecule has 3 aromatic heterocycles. The lowest BCUT2D eigenvalue weighted by atomic mass is 10.3. The summed E-state index contributed by atoms with van der Waals surface area (Å²) in [6.07, 6.45) is 9.64. The predicted octanol–water partition coefficient (Wildman–Crippen LogP) is 4.71. The summed E-state index contributed by atoms with van der Waals surface area (Å²) in [4.78, 5) is 24.7. The first-order valence-corrected chi connectivity index (χ1v) is 11.4. The number of fused-ring (bicyclic) bond motifs is 1. The van der Waals surface area contributed by atoms with Gasteiger partial charge in [-0.2, -0.15) is 0 Å². The smallest absolute Gasteiger partial charge is 0.252 e. The van der Waals surface area contributed by atoms with Crippen molar-refractivity contribution in [3.05, 3.63) is 59.3 Å². The molecule has 0 atom stereocenters. The Hall–Kier alpha value is -3.17. The number of benzene rings is 1. The van der Waals surface area contributed by atoms with Crippen molar-refractivity contribution in [1.82, 2.24) is 14.5 Å². The maximum atomic E-state index is 13.1. The zero-order valence-electron chi connectivity index (χ0n) is 17.2. The standard InChI is InChI=1S/C22H22N4O3S2/c1-28-17-7-8-18(29-2)21-20(17)24-22(31-21)26(12-4-11-25-13-10-23-15-25)19(27)9-6-16-5-3-14-30-16/h3,5-10,13-15H,4,11-12H2,1-2H3/b9-6+. The zero-order chi connectivity index (χ0) is 21.6. The quantitative estimate of drug-likeness (QED) is 0.343. The van der Waals surface area contributed by atoms with Crippen LogP contribution in [0.2, 0.25) is 0 Å². The number of rotatable bonds is 9. The molecule has 0 saturated heterocycles. The van der Waals surface area contributed by atoms with E-state index in [-0.39, 0.29) is 5.91 Å². The Balaban J connectivity index is 1.64. The number of thiophene rings is 1. The minimum Gasteiger partial charge on any atom is -0.495 e. The van der Waals surface area contributed by atoms with E-state index < -0.39 is 0 Å². The molecule has 3 heterocycles. The van der Waals surface area contributed by atoms with Crippen molar-refractivity contribution < 1.29 is 14.3 Å². The lowest BCUT2D eigenvalue weighted by Gasteiger charge is -2.18. The highest BCUT2D eigenvalue weighted by atomic mass is 32.1. The molecule has 9 heteroatoms. The summed E-state index contributed by atoms with van der Waals surface area (Å²) in [5.74, 6) is 1.24. The number of aromatic nitrogens is 3. The second kappa shape index (κ2) is 9.76. The Morgan fingerprint density at radius 2 is 2.06 bits per heavy atom.